The Balaban J connectivity index is 6.51. The number of allylic oxidation sites excluding steroid dienone is 3. The zero-order valence-corrected chi connectivity index (χ0v) is 23.5. The third kappa shape index (κ3) is 11.9. The van der Waals surface area contributed by atoms with E-state index in [4.69, 9.17) is 27.5 Å². The molecule has 1 unspecified atom stereocenters. The molecular weight excluding hydrogens is 436 g/mol. The van der Waals surface area contributed by atoms with Gasteiger partial charge in [-0.3, -0.25) is 4.43 Å². The van der Waals surface area contributed by atoms with Crippen molar-refractivity contribution in [3.05, 3.63) is 49.3 Å². The second-order valence-electron chi connectivity index (χ2n) is 9.67. The molecule has 0 saturated carbocycles. The van der Waals surface area contributed by atoms with Crippen LogP contribution in [0.5, 0.6) is 0 Å². The first kappa shape index (κ1) is 31.5. The molecule has 0 aromatic rings. The standard InChI is InChI=1S/C26H48O6Si/c1-14-33(27-17-15-19(2)3,28-18-16-20(4)5)32-26(30-23(10)11,31-24(12)13)25(21(6)7)29-22(8)9/h14,19-21,25H,1,8,10,12,15-18H2,2-7,9,11,13H3. The predicted molar refractivity (Wildman–Crippen MR) is 137 cm³/mol. The predicted octanol–water partition coefficient (Wildman–Crippen LogP) is 7.12. The van der Waals surface area contributed by atoms with Gasteiger partial charge in [-0.1, -0.05) is 67.9 Å². The molecule has 0 aromatic carbocycles. The van der Waals surface area contributed by atoms with E-state index in [0.29, 0.717) is 42.3 Å². The first-order valence-corrected chi connectivity index (χ1v) is 13.6. The fraction of sp³-hybridized carbons (Fsp3) is 0.692. The maximum Gasteiger partial charge on any atom is 0.534 e. The molecule has 0 fully saturated rings. The van der Waals surface area contributed by atoms with Gasteiger partial charge in [-0.05, 0) is 51.1 Å². The molecule has 0 N–H and O–H groups in total. The van der Waals surface area contributed by atoms with Gasteiger partial charge in [-0.2, -0.15) is 0 Å². The molecule has 0 saturated heterocycles. The number of hydrogen-bond donors (Lipinski definition) is 0. The summed E-state index contributed by atoms with van der Waals surface area (Å²) in [6.07, 6.45) is 0.952. The Labute approximate surface area is 204 Å². The Morgan fingerprint density at radius 1 is 0.788 bits per heavy atom. The van der Waals surface area contributed by atoms with Crippen LogP contribution in [0.3, 0.4) is 0 Å². The van der Waals surface area contributed by atoms with Gasteiger partial charge in [-0.15, -0.1) is 0 Å². The first-order chi connectivity index (χ1) is 15.2. The van der Waals surface area contributed by atoms with Crippen molar-refractivity contribution >= 4 is 8.80 Å². The van der Waals surface area contributed by atoms with Crippen molar-refractivity contribution in [2.24, 2.45) is 17.8 Å². The van der Waals surface area contributed by atoms with E-state index in [1.165, 1.54) is 0 Å². The molecule has 0 aliphatic heterocycles. The molecule has 1 atom stereocenters. The van der Waals surface area contributed by atoms with Gasteiger partial charge >= 0.3 is 14.8 Å². The zero-order valence-electron chi connectivity index (χ0n) is 22.5. The summed E-state index contributed by atoms with van der Waals surface area (Å²) < 4.78 is 37.6. The molecule has 0 heterocycles. The lowest BCUT2D eigenvalue weighted by atomic mass is 10.0. The normalized spacial score (nSPS) is 13.2. The molecule has 0 aliphatic carbocycles. The molecule has 33 heavy (non-hydrogen) atoms. The molecule has 7 heteroatoms. The minimum absolute atomic E-state index is 0.0942. The molecule has 0 radical (unpaired) electrons. The zero-order chi connectivity index (χ0) is 25.8. The van der Waals surface area contributed by atoms with Gasteiger partial charge in [0.2, 0.25) is 6.10 Å². The van der Waals surface area contributed by atoms with Gasteiger partial charge in [0.1, 0.15) is 0 Å². The maximum atomic E-state index is 6.63. The minimum Gasteiger partial charge on any atom is -0.484 e. The summed E-state index contributed by atoms with van der Waals surface area (Å²) in [6, 6.07) is 0. The third-order valence-electron chi connectivity index (χ3n) is 4.45. The van der Waals surface area contributed by atoms with E-state index in [9.17, 15) is 0 Å². The molecule has 6 nitrogen and oxygen atoms in total. The van der Waals surface area contributed by atoms with Gasteiger partial charge < -0.3 is 23.1 Å². The lowest BCUT2D eigenvalue weighted by Crippen LogP contribution is -2.61. The van der Waals surface area contributed by atoms with Crippen LogP contribution in [0.25, 0.3) is 0 Å². The van der Waals surface area contributed by atoms with Crippen LogP contribution in [0, 0.1) is 17.8 Å². The van der Waals surface area contributed by atoms with Crippen LogP contribution in [-0.4, -0.2) is 34.1 Å². The van der Waals surface area contributed by atoms with E-state index in [1.54, 1.807) is 26.5 Å². The second kappa shape index (κ2) is 14.7. The van der Waals surface area contributed by atoms with Crippen LogP contribution in [0.2, 0.25) is 0 Å². The van der Waals surface area contributed by atoms with Gasteiger partial charge in [0.25, 0.3) is 0 Å². The number of hydrogen-bond acceptors (Lipinski definition) is 6. The Morgan fingerprint density at radius 2 is 1.21 bits per heavy atom. The molecule has 0 bridgehead atoms. The lowest BCUT2D eigenvalue weighted by molar-refractivity contribution is -0.372. The minimum atomic E-state index is -3.51. The van der Waals surface area contributed by atoms with Crippen molar-refractivity contribution < 1.29 is 27.5 Å². The highest BCUT2D eigenvalue weighted by Gasteiger charge is 2.57. The van der Waals surface area contributed by atoms with Gasteiger partial charge in [0, 0.05) is 19.1 Å². The summed E-state index contributed by atoms with van der Waals surface area (Å²) in [6.45, 7) is 34.3. The second-order valence-corrected chi connectivity index (χ2v) is 12.1. The molecule has 0 amide bonds. The highest BCUT2D eigenvalue weighted by molar-refractivity contribution is 6.66. The summed E-state index contributed by atoms with van der Waals surface area (Å²) in [4.78, 5) is 0. The SMILES string of the molecule is C=C[Si](OCCC(C)C)(OCCC(C)C)OC(OC(=C)C)(OC(=C)C)C(OC(=C)C)C(C)C. The molecule has 0 aromatic heterocycles. The molecule has 0 aliphatic rings. The van der Waals surface area contributed by atoms with Crippen molar-refractivity contribution in [3.8, 4) is 0 Å². The molecule has 0 spiro atoms. The summed E-state index contributed by atoms with van der Waals surface area (Å²) in [5.74, 6) is 0.298. The summed E-state index contributed by atoms with van der Waals surface area (Å²) in [7, 11) is -3.51. The Kier molecular flexibility index (Phi) is 14.0. The van der Waals surface area contributed by atoms with Crippen molar-refractivity contribution in [2.75, 3.05) is 13.2 Å². The largest absolute Gasteiger partial charge is 0.534 e. The van der Waals surface area contributed by atoms with Crippen LogP contribution in [0.1, 0.15) is 75.2 Å². The summed E-state index contributed by atoms with van der Waals surface area (Å²) in [5, 5.41) is 0. The van der Waals surface area contributed by atoms with Crippen molar-refractivity contribution in [1.82, 2.24) is 0 Å². The van der Waals surface area contributed by atoms with Crippen LogP contribution >= 0.6 is 0 Å². The fourth-order valence-corrected chi connectivity index (χ4v) is 4.81. The quantitative estimate of drug-likeness (QED) is 0.110. The monoisotopic (exact) mass is 484 g/mol. The van der Waals surface area contributed by atoms with E-state index in [2.05, 4.69) is 54.0 Å². The van der Waals surface area contributed by atoms with E-state index < -0.39 is 20.9 Å². The number of rotatable bonds is 19. The third-order valence-corrected chi connectivity index (χ3v) is 6.73. The van der Waals surface area contributed by atoms with Crippen molar-refractivity contribution in [1.29, 1.82) is 0 Å². The average Bonchev–Trinajstić information content (AvgIpc) is 2.63. The van der Waals surface area contributed by atoms with E-state index >= 15 is 0 Å². The molecule has 0 rings (SSSR count). The maximum absolute atomic E-state index is 6.63. The highest BCUT2D eigenvalue weighted by atomic mass is 28.4. The smallest absolute Gasteiger partial charge is 0.484 e. The van der Waals surface area contributed by atoms with Crippen molar-refractivity contribution in [2.45, 2.75) is 87.2 Å². The first-order valence-electron chi connectivity index (χ1n) is 11.8. The summed E-state index contributed by atoms with van der Waals surface area (Å²) in [5.41, 5.74) is 1.62. The van der Waals surface area contributed by atoms with Gasteiger partial charge in [0.15, 0.2) is 0 Å². The Morgan fingerprint density at radius 3 is 1.48 bits per heavy atom. The fourth-order valence-electron chi connectivity index (χ4n) is 2.89. The molecular formula is C26H48O6Si. The van der Waals surface area contributed by atoms with E-state index in [-0.39, 0.29) is 5.92 Å². The lowest BCUT2D eigenvalue weighted by Gasteiger charge is -2.44. The van der Waals surface area contributed by atoms with Gasteiger partial charge in [0.05, 0.1) is 17.3 Å². The average molecular weight is 485 g/mol. The van der Waals surface area contributed by atoms with Crippen LogP contribution in [-0.2, 0) is 27.5 Å². The Bertz CT molecular complexity index is 611. The molecule has 192 valence electrons. The van der Waals surface area contributed by atoms with Crippen molar-refractivity contribution in [3.63, 3.8) is 0 Å². The summed E-state index contributed by atoms with van der Waals surface area (Å²) >= 11 is 0. The van der Waals surface area contributed by atoms with E-state index in [1.807, 2.05) is 13.8 Å². The highest BCUT2D eigenvalue weighted by Crippen LogP contribution is 2.37. The van der Waals surface area contributed by atoms with E-state index in [0.717, 1.165) is 12.8 Å². The van der Waals surface area contributed by atoms with Crippen LogP contribution in [0.15, 0.2) is 49.3 Å². The van der Waals surface area contributed by atoms with Crippen LogP contribution < -0.4 is 0 Å². The topological polar surface area (TPSA) is 55.4 Å². The van der Waals surface area contributed by atoms with Gasteiger partial charge in [-0.25, -0.2) is 0 Å². The number of ether oxygens (including phenoxy) is 3. The Hall–Kier alpha value is -1.54. The van der Waals surface area contributed by atoms with Crippen LogP contribution in [0.4, 0.5) is 0 Å².